The smallest absolute Gasteiger partial charge is 0.252 e. The van der Waals surface area contributed by atoms with E-state index in [2.05, 4.69) is 25.4 Å². The Morgan fingerprint density at radius 1 is 1.13 bits per heavy atom. The second kappa shape index (κ2) is 5.41. The molecule has 3 heterocycles. The molecule has 0 spiro atoms. The first-order valence-electron chi connectivity index (χ1n) is 6.86. The van der Waals surface area contributed by atoms with Gasteiger partial charge in [-0.3, -0.25) is 0 Å². The SMILES string of the molecule is O=NCc1nc(-c2cccc(-c3cn4ncccc4n3)c2)no1. The van der Waals surface area contributed by atoms with E-state index in [0.717, 1.165) is 22.5 Å². The molecule has 0 fully saturated rings. The maximum atomic E-state index is 10.3. The summed E-state index contributed by atoms with van der Waals surface area (Å²) >= 11 is 0. The van der Waals surface area contributed by atoms with E-state index in [1.165, 1.54) is 0 Å². The number of hydrogen-bond acceptors (Lipinski definition) is 7. The predicted octanol–water partition coefficient (Wildman–Crippen LogP) is 2.71. The van der Waals surface area contributed by atoms with Crippen LogP contribution in [-0.4, -0.2) is 24.7 Å². The van der Waals surface area contributed by atoms with Crippen LogP contribution in [-0.2, 0) is 6.54 Å². The Labute approximate surface area is 129 Å². The third kappa shape index (κ3) is 2.46. The molecule has 8 heteroatoms. The summed E-state index contributed by atoms with van der Waals surface area (Å²) in [5.74, 6) is 0.602. The molecule has 0 amide bonds. The summed E-state index contributed by atoms with van der Waals surface area (Å²) in [6, 6.07) is 11.3. The Morgan fingerprint density at radius 2 is 2.04 bits per heavy atom. The number of fused-ring (bicyclic) bond motifs is 1. The van der Waals surface area contributed by atoms with Crippen molar-refractivity contribution < 1.29 is 4.52 Å². The maximum Gasteiger partial charge on any atom is 0.252 e. The molecule has 0 unspecified atom stereocenters. The zero-order valence-electron chi connectivity index (χ0n) is 11.8. The Kier molecular flexibility index (Phi) is 3.12. The minimum absolute atomic E-state index is 0.134. The van der Waals surface area contributed by atoms with E-state index >= 15 is 0 Å². The lowest BCUT2D eigenvalue weighted by Crippen LogP contribution is -1.85. The quantitative estimate of drug-likeness (QED) is 0.537. The molecule has 0 aliphatic rings. The van der Waals surface area contributed by atoms with Crippen molar-refractivity contribution in [1.82, 2.24) is 24.7 Å². The number of aromatic nitrogens is 5. The van der Waals surface area contributed by atoms with Crippen LogP contribution >= 0.6 is 0 Å². The lowest BCUT2D eigenvalue weighted by Gasteiger charge is -1.98. The Hall–Kier alpha value is -3.42. The summed E-state index contributed by atoms with van der Waals surface area (Å²) in [6.07, 6.45) is 3.56. The monoisotopic (exact) mass is 306 g/mol. The number of imidazole rings is 1. The predicted molar refractivity (Wildman–Crippen MR) is 81.2 cm³/mol. The fraction of sp³-hybridized carbons (Fsp3) is 0.0667. The highest BCUT2D eigenvalue weighted by Gasteiger charge is 2.11. The summed E-state index contributed by atoms with van der Waals surface area (Å²) in [5.41, 5.74) is 3.25. The third-order valence-corrected chi connectivity index (χ3v) is 3.32. The van der Waals surface area contributed by atoms with Crippen molar-refractivity contribution in [2.24, 2.45) is 5.18 Å². The van der Waals surface area contributed by atoms with Crippen LogP contribution in [0.3, 0.4) is 0 Å². The lowest BCUT2D eigenvalue weighted by atomic mass is 10.1. The number of rotatable bonds is 4. The van der Waals surface area contributed by atoms with Crippen LogP contribution < -0.4 is 0 Å². The molecule has 0 bridgehead atoms. The van der Waals surface area contributed by atoms with Crippen LogP contribution in [0.2, 0.25) is 0 Å². The molecule has 1 aromatic carbocycles. The van der Waals surface area contributed by atoms with Gasteiger partial charge in [-0.15, -0.1) is 0 Å². The van der Waals surface area contributed by atoms with Crippen molar-refractivity contribution in [1.29, 1.82) is 0 Å². The van der Waals surface area contributed by atoms with Crippen molar-refractivity contribution in [2.45, 2.75) is 6.54 Å². The molecule has 4 aromatic rings. The molecule has 0 aliphatic heterocycles. The average molecular weight is 306 g/mol. The Morgan fingerprint density at radius 3 is 2.91 bits per heavy atom. The molecule has 3 aromatic heterocycles. The number of nitroso groups, excluding NO2 is 1. The van der Waals surface area contributed by atoms with E-state index in [0.29, 0.717) is 5.82 Å². The van der Waals surface area contributed by atoms with Gasteiger partial charge in [0.15, 0.2) is 12.2 Å². The standard InChI is InChI=1S/C15H10N6O2/c22-17-8-14-19-15(20-23-14)11-4-1-3-10(7-11)12-9-21-13(18-12)5-2-6-16-21/h1-7,9H,8H2. The summed E-state index contributed by atoms with van der Waals surface area (Å²) in [4.78, 5) is 18.9. The van der Waals surface area contributed by atoms with Gasteiger partial charge in [-0.25, -0.2) is 9.50 Å². The van der Waals surface area contributed by atoms with Crippen LogP contribution in [0.4, 0.5) is 0 Å². The van der Waals surface area contributed by atoms with Crippen molar-refractivity contribution in [3.05, 3.63) is 59.6 Å². The van der Waals surface area contributed by atoms with Gasteiger partial charge < -0.3 is 4.52 Å². The molecule has 8 nitrogen and oxygen atoms in total. The highest BCUT2D eigenvalue weighted by atomic mass is 16.5. The van der Waals surface area contributed by atoms with Crippen LogP contribution in [0.5, 0.6) is 0 Å². The maximum absolute atomic E-state index is 10.3. The van der Waals surface area contributed by atoms with Crippen LogP contribution in [0.1, 0.15) is 5.89 Å². The first-order valence-corrected chi connectivity index (χ1v) is 6.86. The van der Waals surface area contributed by atoms with E-state index in [1.54, 1.807) is 10.7 Å². The molecule has 0 saturated carbocycles. The number of benzene rings is 1. The zero-order chi connectivity index (χ0) is 15.6. The third-order valence-electron chi connectivity index (χ3n) is 3.32. The molecule has 23 heavy (non-hydrogen) atoms. The summed E-state index contributed by atoms with van der Waals surface area (Å²) in [6.45, 7) is -0.134. The van der Waals surface area contributed by atoms with Crippen LogP contribution in [0.15, 0.2) is 58.5 Å². The Bertz CT molecular complexity index is 957. The van der Waals surface area contributed by atoms with E-state index in [9.17, 15) is 4.91 Å². The van der Waals surface area contributed by atoms with E-state index in [1.807, 2.05) is 42.6 Å². The van der Waals surface area contributed by atoms with E-state index < -0.39 is 0 Å². The molecule has 0 aliphatic carbocycles. The van der Waals surface area contributed by atoms with Crippen LogP contribution in [0, 0.1) is 4.91 Å². The van der Waals surface area contributed by atoms with E-state index in [4.69, 9.17) is 4.52 Å². The fourth-order valence-electron chi connectivity index (χ4n) is 2.28. The average Bonchev–Trinajstić information content (AvgIpc) is 3.22. The first-order chi connectivity index (χ1) is 11.3. The number of nitrogens with zero attached hydrogens (tertiary/aromatic N) is 6. The topological polar surface area (TPSA) is 98.5 Å². The summed E-state index contributed by atoms with van der Waals surface area (Å²) in [7, 11) is 0. The molecular formula is C15H10N6O2. The van der Waals surface area contributed by atoms with Crippen molar-refractivity contribution in [2.75, 3.05) is 0 Å². The molecule has 0 atom stereocenters. The number of hydrogen-bond donors (Lipinski definition) is 0. The van der Waals surface area contributed by atoms with Gasteiger partial charge in [-0.05, 0) is 18.2 Å². The Balaban J connectivity index is 1.74. The van der Waals surface area contributed by atoms with Crippen LogP contribution in [0.25, 0.3) is 28.3 Å². The van der Waals surface area contributed by atoms with Gasteiger partial charge >= 0.3 is 0 Å². The molecular weight excluding hydrogens is 296 g/mol. The van der Waals surface area contributed by atoms with Gasteiger partial charge in [0, 0.05) is 17.3 Å². The molecule has 0 radical (unpaired) electrons. The van der Waals surface area contributed by atoms with Gasteiger partial charge in [0.05, 0.1) is 11.9 Å². The minimum atomic E-state index is -0.134. The van der Waals surface area contributed by atoms with Gasteiger partial charge in [-0.2, -0.15) is 15.0 Å². The van der Waals surface area contributed by atoms with Gasteiger partial charge in [-0.1, -0.05) is 28.5 Å². The largest absolute Gasteiger partial charge is 0.337 e. The van der Waals surface area contributed by atoms with Gasteiger partial charge in [0.1, 0.15) is 0 Å². The highest BCUT2D eigenvalue weighted by molar-refractivity contribution is 5.69. The van der Waals surface area contributed by atoms with Crippen molar-refractivity contribution >= 4 is 5.65 Å². The van der Waals surface area contributed by atoms with Gasteiger partial charge in [0.25, 0.3) is 5.89 Å². The molecule has 0 N–H and O–H groups in total. The van der Waals surface area contributed by atoms with Crippen molar-refractivity contribution in [3.8, 4) is 22.6 Å². The zero-order valence-corrected chi connectivity index (χ0v) is 11.8. The molecule has 4 rings (SSSR count). The summed E-state index contributed by atoms with van der Waals surface area (Å²) in [5, 5.41) is 10.8. The second-order valence-corrected chi connectivity index (χ2v) is 4.83. The lowest BCUT2D eigenvalue weighted by molar-refractivity contribution is 0.380. The van der Waals surface area contributed by atoms with Crippen molar-refractivity contribution in [3.63, 3.8) is 0 Å². The highest BCUT2D eigenvalue weighted by Crippen LogP contribution is 2.24. The second-order valence-electron chi connectivity index (χ2n) is 4.83. The first kappa shape index (κ1) is 13.3. The normalized spacial score (nSPS) is 11.0. The van der Waals surface area contributed by atoms with E-state index in [-0.39, 0.29) is 12.4 Å². The molecule has 0 saturated heterocycles. The summed E-state index contributed by atoms with van der Waals surface area (Å²) < 4.78 is 6.68. The minimum Gasteiger partial charge on any atom is -0.337 e. The fourth-order valence-corrected chi connectivity index (χ4v) is 2.28. The van der Waals surface area contributed by atoms with Gasteiger partial charge in [0.2, 0.25) is 5.82 Å². The molecule has 112 valence electrons.